The van der Waals surface area contributed by atoms with Crippen molar-refractivity contribution in [3.05, 3.63) is 24.0 Å². The Kier molecular flexibility index (Phi) is 4.51. The van der Waals surface area contributed by atoms with E-state index in [1.165, 1.54) is 5.69 Å². The molecule has 0 radical (unpaired) electrons. The lowest BCUT2D eigenvalue weighted by atomic mass is 10.2. The van der Waals surface area contributed by atoms with Crippen LogP contribution in [-0.4, -0.2) is 50.7 Å². The molecule has 20 heavy (non-hydrogen) atoms. The lowest BCUT2D eigenvalue weighted by molar-refractivity contribution is 0.275. The van der Waals surface area contributed by atoms with Crippen molar-refractivity contribution in [2.45, 2.75) is 32.6 Å². The van der Waals surface area contributed by atoms with Gasteiger partial charge in [-0.25, -0.2) is 4.98 Å². The molecule has 1 aromatic rings. The Morgan fingerprint density at radius 2 is 2.00 bits per heavy atom. The van der Waals surface area contributed by atoms with Crippen LogP contribution in [0.1, 0.15) is 12.6 Å². The first-order valence-corrected chi connectivity index (χ1v) is 10.8. The van der Waals surface area contributed by atoms with Crippen molar-refractivity contribution in [2.75, 3.05) is 31.6 Å². The van der Waals surface area contributed by atoms with Gasteiger partial charge in [-0.15, -0.1) is 5.54 Å². The summed E-state index contributed by atoms with van der Waals surface area (Å²) < 4.78 is 0. The normalized spacial score (nSPS) is 20.4. The fourth-order valence-electron chi connectivity index (χ4n) is 2.40. The highest BCUT2D eigenvalue weighted by molar-refractivity contribution is 6.83. The Balaban J connectivity index is 2.10. The van der Waals surface area contributed by atoms with Gasteiger partial charge in [-0.05, 0) is 26.1 Å². The van der Waals surface area contributed by atoms with E-state index in [9.17, 15) is 0 Å². The third kappa shape index (κ3) is 4.09. The average Bonchev–Trinajstić information content (AvgIpc) is 2.36. The Hall–Kier alpha value is -1.31. The maximum Gasteiger partial charge on any atom is 0.129 e. The smallest absolute Gasteiger partial charge is 0.129 e. The number of nitrogens with zero attached hydrogens (tertiary/aromatic N) is 3. The van der Waals surface area contributed by atoms with Gasteiger partial charge >= 0.3 is 0 Å². The van der Waals surface area contributed by atoms with Gasteiger partial charge < -0.3 is 9.80 Å². The van der Waals surface area contributed by atoms with Gasteiger partial charge in [0, 0.05) is 25.7 Å². The molecule has 0 N–H and O–H groups in total. The van der Waals surface area contributed by atoms with Gasteiger partial charge in [0.05, 0.1) is 11.9 Å². The van der Waals surface area contributed by atoms with E-state index in [1.807, 2.05) is 12.3 Å². The highest BCUT2D eigenvalue weighted by Gasteiger charge is 2.21. The Morgan fingerprint density at radius 3 is 2.55 bits per heavy atom. The van der Waals surface area contributed by atoms with Gasteiger partial charge in [-0.1, -0.05) is 25.6 Å². The van der Waals surface area contributed by atoms with Gasteiger partial charge in [0.15, 0.2) is 0 Å². The minimum Gasteiger partial charge on any atom is -0.365 e. The summed E-state index contributed by atoms with van der Waals surface area (Å²) in [5.41, 5.74) is 5.46. The number of hydrogen-bond acceptors (Lipinski definition) is 3. The second kappa shape index (κ2) is 5.98. The number of hydrogen-bond donors (Lipinski definition) is 0. The van der Waals surface area contributed by atoms with Crippen molar-refractivity contribution in [1.82, 2.24) is 9.88 Å². The molecule has 0 amide bonds. The summed E-state index contributed by atoms with van der Waals surface area (Å²) in [5.74, 6) is 3.21. The number of likely N-dealkylation sites (N-methyl/N-ethyl adjacent to an activating group) is 1. The van der Waals surface area contributed by atoms with Gasteiger partial charge in [0.1, 0.15) is 13.8 Å². The molecule has 1 aliphatic rings. The second-order valence-corrected chi connectivity index (χ2v) is 11.5. The molecule has 3 nitrogen and oxygen atoms in total. The molecule has 0 aliphatic carbocycles. The van der Waals surface area contributed by atoms with Crippen LogP contribution in [0.4, 0.5) is 5.69 Å². The van der Waals surface area contributed by atoms with E-state index < -0.39 is 8.07 Å². The van der Waals surface area contributed by atoms with Gasteiger partial charge in [-0.3, -0.25) is 0 Å². The first-order valence-electron chi connectivity index (χ1n) is 7.29. The molecule has 4 heteroatoms. The summed E-state index contributed by atoms with van der Waals surface area (Å²) in [6.07, 6.45) is 1.97. The highest BCUT2D eigenvalue weighted by Crippen LogP contribution is 2.19. The number of aromatic nitrogens is 1. The minimum absolute atomic E-state index is 0.537. The molecule has 0 spiro atoms. The summed E-state index contributed by atoms with van der Waals surface area (Å²) in [4.78, 5) is 9.31. The molecule has 2 heterocycles. The summed E-state index contributed by atoms with van der Waals surface area (Å²) >= 11 is 0. The zero-order valence-corrected chi connectivity index (χ0v) is 14.3. The molecule has 0 bridgehead atoms. The van der Waals surface area contributed by atoms with E-state index in [-0.39, 0.29) is 0 Å². The molecule has 0 saturated carbocycles. The van der Waals surface area contributed by atoms with Gasteiger partial charge in [0.25, 0.3) is 0 Å². The predicted octanol–water partition coefficient (Wildman–Crippen LogP) is 2.45. The van der Waals surface area contributed by atoms with Crippen LogP contribution < -0.4 is 4.90 Å². The van der Waals surface area contributed by atoms with Crippen LogP contribution in [-0.2, 0) is 0 Å². The molecular formula is C16H25N3Si. The third-order valence-corrected chi connectivity index (χ3v) is 4.35. The van der Waals surface area contributed by atoms with Crippen LogP contribution in [0.15, 0.2) is 18.3 Å². The number of rotatable bonds is 1. The lowest BCUT2D eigenvalue weighted by Gasteiger charge is -2.39. The van der Waals surface area contributed by atoms with Crippen LogP contribution in [0.2, 0.25) is 19.6 Å². The summed E-state index contributed by atoms with van der Waals surface area (Å²) in [7, 11) is 0.860. The van der Waals surface area contributed by atoms with Crippen LogP contribution in [0.3, 0.4) is 0 Å². The molecule has 1 saturated heterocycles. The van der Waals surface area contributed by atoms with Crippen LogP contribution in [0.25, 0.3) is 0 Å². The van der Waals surface area contributed by atoms with Crippen molar-refractivity contribution < 1.29 is 0 Å². The van der Waals surface area contributed by atoms with Crippen LogP contribution in [0.5, 0.6) is 0 Å². The third-order valence-electron chi connectivity index (χ3n) is 3.48. The zero-order valence-electron chi connectivity index (χ0n) is 13.3. The highest BCUT2D eigenvalue weighted by atomic mass is 28.3. The molecule has 108 valence electrons. The number of anilines is 1. The molecule has 1 atom stereocenters. The van der Waals surface area contributed by atoms with Crippen molar-refractivity contribution in [1.29, 1.82) is 0 Å². The Labute approximate surface area is 124 Å². The minimum atomic E-state index is -1.32. The van der Waals surface area contributed by atoms with E-state index in [4.69, 9.17) is 0 Å². The van der Waals surface area contributed by atoms with E-state index in [1.54, 1.807) is 0 Å². The number of piperazine rings is 1. The second-order valence-electron chi connectivity index (χ2n) is 6.71. The van der Waals surface area contributed by atoms with Crippen molar-refractivity contribution in [2.24, 2.45) is 0 Å². The monoisotopic (exact) mass is 287 g/mol. The first kappa shape index (κ1) is 15.1. The fraction of sp³-hybridized carbons (Fsp3) is 0.562. The summed E-state index contributed by atoms with van der Waals surface area (Å²) in [5, 5.41) is 0. The number of pyridine rings is 1. The molecule has 1 aliphatic heterocycles. The Bertz CT molecular complexity index is 507. The maximum absolute atomic E-state index is 4.50. The average molecular weight is 287 g/mol. The largest absolute Gasteiger partial charge is 0.365 e. The molecule has 1 aromatic heterocycles. The van der Waals surface area contributed by atoms with Gasteiger partial charge in [-0.2, -0.15) is 0 Å². The zero-order chi connectivity index (χ0) is 14.8. The van der Waals surface area contributed by atoms with Crippen molar-refractivity contribution >= 4 is 13.8 Å². The Morgan fingerprint density at radius 1 is 1.25 bits per heavy atom. The topological polar surface area (TPSA) is 19.4 Å². The van der Waals surface area contributed by atoms with E-state index in [0.29, 0.717) is 6.04 Å². The maximum atomic E-state index is 4.50. The van der Waals surface area contributed by atoms with Crippen LogP contribution >= 0.6 is 0 Å². The standard InChI is InChI=1S/C16H25N3Si/c1-14-13-18(2)9-10-19(14)16-7-6-15(17-12-16)8-11-20(3,4)5/h6-7,12,14H,9-10,13H2,1-5H3/t14-/m1/s1. The van der Waals surface area contributed by atoms with E-state index in [2.05, 4.69) is 65.9 Å². The fourth-order valence-corrected chi connectivity index (χ4v) is 2.91. The molecule has 0 aromatic carbocycles. The SMILES string of the molecule is C[C@@H]1CN(C)CCN1c1ccc(C#C[Si](C)(C)C)nc1. The lowest BCUT2D eigenvalue weighted by Crippen LogP contribution is -2.50. The van der Waals surface area contributed by atoms with Crippen LogP contribution in [0, 0.1) is 11.5 Å². The summed E-state index contributed by atoms with van der Waals surface area (Å²) in [6, 6.07) is 4.74. The molecular weight excluding hydrogens is 262 g/mol. The predicted molar refractivity (Wildman–Crippen MR) is 88.8 cm³/mol. The van der Waals surface area contributed by atoms with Gasteiger partial charge in [0.2, 0.25) is 0 Å². The quantitative estimate of drug-likeness (QED) is 0.584. The molecule has 2 rings (SSSR count). The van der Waals surface area contributed by atoms with E-state index >= 15 is 0 Å². The summed E-state index contributed by atoms with van der Waals surface area (Å²) in [6.45, 7) is 12.3. The first-order chi connectivity index (χ1) is 9.35. The molecule has 0 unspecified atom stereocenters. The van der Waals surface area contributed by atoms with Crippen molar-refractivity contribution in [3.8, 4) is 11.5 Å². The molecule has 1 fully saturated rings. The van der Waals surface area contributed by atoms with E-state index in [0.717, 1.165) is 25.3 Å². The van der Waals surface area contributed by atoms with Crippen molar-refractivity contribution in [3.63, 3.8) is 0 Å².